The molecule has 15 heavy (non-hydrogen) atoms. The average Bonchev–Trinajstić information content (AvgIpc) is 2.21. The molecule has 0 rings (SSSR count). The standard InChI is InChI=1S/C7H16N4O2.2ClH/c8-5(6(12)13)3-1-2-4-11-7(9)10;;/h5H,1-4,8H2,(H,12,13)(H4,9,10,11);2*1H/t5-;;/m0../s1/i3D,5D;;/hD2/t3?,5-;;. The molecule has 0 aliphatic carbocycles. The minimum absolute atomic E-state index is 0. The van der Waals surface area contributed by atoms with E-state index in [-0.39, 0.29) is 49.5 Å². The molecule has 0 fully saturated rings. The lowest BCUT2D eigenvalue weighted by molar-refractivity contribution is -0.138. The highest BCUT2D eigenvalue weighted by Crippen LogP contribution is 1.97. The maximum atomic E-state index is 10.8. The highest BCUT2D eigenvalue weighted by Gasteiger charge is 2.09. The molecule has 2 atom stereocenters. The summed E-state index contributed by atoms with van der Waals surface area (Å²) in [5, 5.41) is 18.1. The highest BCUT2D eigenvalue weighted by atomic mass is 35.5. The Hall–Kier alpha value is -0.720. The van der Waals surface area contributed by atoms with Crippen LogP contribution in [-0.2, 0) is 4.79 Å². The Morgan fingerprint density at radius 2 is 2.27 bits per heavy atom. The summed E-state index contributed by atoms with van der Waals surface area (Å²) in [7, 11) is 0. The van der Waals surface area contributed by atoms with E-state index in [9.17, 15) is 4.79 Å². The summed E-state index contributed by atoms with van der Waals surface area (Å²) in [5.41, 5.74) is 4.73. The summed E-state index contributed by atoms with van der Waals surface area (Å²) in [5.74, 6) is -1.94. The van der Waals surface area contributed by atoms with Gasteiger partial charge in [0.2, 0.25) is 0 Å². The van der Waals surface area contributed by atoms with Crippen molar-refractivity contribution in [2.75, 3.05) is 6.54 Å². The largest absolute Gasteiger partial charge is 0.480 e. The van der Waals surface area contributed by atoms with Gasteiger partial charge in [-0.15, -0.1) is 24.8 Å². The number of carboxylic acid groups (broad SMARTS) is 1. The number of rotatable bonds is 7. The van der Waals surface area contributed by atoms with Crippen LogP contribution in [0, 0.1) is 5.41 Å². The van der Waals surface area contributed by atoms with E-state index >= 15 is 0 Å². The van der Waals surface area contributed by atoms with Crippen molar-refractivity contribution in [3.63, 3.8) is 0 Å². The second-order valence-corrected chi connectivity index (χ2v) is 2.38. The Labute approximate surface area is 107 Å². The first-order chi connectivity index (χ1) is 7.72. The zero-order valence-electron chi connectivity index (χ0n) is 11.9. The third-order valence-electron chi connectivity index (χ3n) is 1.25. The summed E-state index contributed by atoms with van der Waals surface area (Å²) in [4.78, 5) is 10.8. The number of carbonyl (C=O) groups is 1. The van der Waals surface area contributed by atoms with E-state index in [2.05, 4.69) is 5.32 Å². The third-order valence-corrected chi connectivity index (χ3v) is 1.25. The molecule has 0 saturated carbocycles. The molecular formula is C7H18Cl2N4O2. The smallest absolute Gasteiger partial charge is 0.320 e. The molecule has 92 valence electrons. The number of nitrogens with two attached hydrogens (primary N) is 2. The van der Waals surface area contributed by atoms with E-state index in [1.165, 1.54) is 0 Å². The van der Waals surface area contributed by atoms with Gasteiger partial charge in [-0.2, -0.15) is 0 Å². The van der Waals surface area contributed by atoms with E-state index < -0.39 is 18.4 Å². The number of halogens is 2. The van der Waals surface area contributed by atoms with Gasteiger partial charge in [-0.25, -0.2) is 0 Å². The molecule has 0 saturated heterocycles. The van der Waals surface area contributed by atoms with E-state index in [4.69, 9.17) is 21.8 Å². The molecule has 0 bridgehead atoms. The van der Waals surface area contributed by atoms with Gasteiger partial charge < -0.3 is 21.9 Å². The molecule has 0 aliphatic rings. The lowest BCUT2D eigenvalue weighted by Crippen LogP contribution is -2.32. The van der Waals surface area contributed by atoms with Crippen LogP contribution in [0.3, 0.4) is 0 Å². The summed E-state index contributed by atoms with van der Waals surface area (Å²) in [6.45, 7) is 0.274. The summed E-state index contributed by atoms with van der Waals surface area (Å²) < 4.78 is 28.7. The lowest BCUT2D eigenvalue weighted by atomic mass is 10.1. The Kier molecular flexibility index (Phi) is 8.17. The third kappa shape index (κ3) is 13.3. The Bertz CT molecular complexity index is 300. The first-order valence-electron chi connectivity index (χ1n) is 5.71. The summed E-state index contributed by atoms with van der Waals surface area (Å²) in [6.07, 6.45) is -1.12. The van der Waals surface area contributed by atoms with Crippen LogP contribution >= 0.6 is 24.8 Å². The normalized spacial score (nSPS) is 18.7. The summed E-state index contributed by atoms with van der Waals surface area (Å²) >= 11 is 0. The van der Waals surface area contributed by atoms with E-state index in [1.807, 2.05) is 0 Å². The second-order valence-electron chi connectivity index (χ2n) is 2.38. The van der Waals surface area contributed by atoms with Crippen LogP contribution in [0.15, 0.2) is 0 Å². The van der Waals surface area contributed by atoms with Gasteiger partial charge in [0.25, 0.3) is 0 Å². The lowest BCUT2D eigenvalue weighted by Gasteiger charge is -2.06. The molecule has 0 aromatic heterocycles. The Balaban J connectivity index is -0.00000128. The van der Waals surface area contributed by atoms with Crippen molar-refractivity contribution in [2.45, 2.75) is 25.3 Å². The zero-order valence-corrected chi connectivity index (χ0v) is 9.53. The van der Waals surface area contributed by atoms with Gasteiger partial charge in [-0.3, -0.25) is 10.2 Å². The number of hydrogen-bond donors (Lipinski definition) is 5. The maximum Gasteiger partial charge on any atom is 0.320 e. The minimum atomic E-state index is -2.61. The fraction of sp³-hybridized carbons (Fsp3) is 0.714. The SMILES string of the molecule is Cl.Cl.[2H]C(CCCNC(=N)N)[C@@]([2H])(C(=O)O)N([2H])[2H]. The monoisotopic (exact) mass is 264 g/mol. The number of hydrogen-bond acceptors (Lipinski definition) is 3. The number of aliphatic carboxylic acids is 1. The van der Waals surface area contributed by atoms with Crippen molar-refractivity contribution in [3.8, 4) is 0 Å². The van der Waals surface area contributed by atoms with Crippen LogP contribution in [-0.4, -0.2) is 29.6 Å². The zero-order chi connectivity index (χ0) is 13.6. The molecule has 0 amide bonds. The first-order valence-corrected chi connectivity index (χ1v) is 3.74. The Morgan fingerprint density at radius 1 is 1.67 bits per heavy atom. The fourth-order valence-electron chi connectivity index (χ4n) is 0.651. The van der Waals surface area contributed by atoms with Crippen molar-refractivity contribution in [1.82, 2.24) is 5.32 Å². The van der Waals surface area contributed by atoms with Crippen LogP contribution < -0.4 is 16.8 Å². The van der Waals surface area contributed by atoms with Gasteiger partial charge in [0.15, 0.2) is 5.96 Å². The second kappa shape index (κ2) is 11.4. The quantitative estimate of drug-likeness (QED) is 0.249. The molecule has 0 heterocycles. The van der Waals surface area contributed by atoms with Crippen LogP contribution in [0.25, 0.3) is 0 Å². The maximum absolute atomic E-state index is 10.8. The molecule has 0 aromatic rings. The van der Waals surface area contributed by atoms with Gasteiger partial charge in [-0.1, -0.05) is 0 Å². The molecule has 1 unspecified atom stereocenters. The van der Waals surface area contributed by atoms with Crippen molar-refractivity contribution < 1.29 is 15.5 Å². The predicted octanol–water partition coefficient (Wildman–Crippen LogP) is -0.105. The van der Waals surface area contributed by atoms with Gasteiger partial charge in [0.1, 0.15) is 8.84 Å². The fourth-order valence-corrected chi connectivity index (χ4v) is 0.651. The van der Waals surface area contributed by atoms with Gasteiger partial charge >= 0.3 is 5.97 Å². The van der Waals surface area contributed by atoms with Gasteiger partial charge in [-0.05, 0) is 19.2 Å². The number of nitrogens with one attached hydrogen (secondary N) is 2. The van der Waals surface area contributed by atoms with E-state index in [0.717, 1.165) is 0 Å². The van der Waals surface area contributed by atoms with Crippen LogP contribution in [0.2, 0.25) is 2.82 Å². The van der Waals surface area contributed by atoms with Crippen molar-refractivity contribution in [1.29, 1.82) is 5.41 Å². The molecule has 0 aliphatic heterocycles. The number of guanidine groups is 1. The van der Waals surface area contributed by atoms with Crippen LogP contribution in [0.1, 0.15) is 22.0 Å². The highest BCUT2D eigenvalue weighted by molar-refractivity contribution is 5.85. The summed E-state index contributed by atoms with van der Waals surface area (Å²) in [6, 6.07) is -2.61. The van der Waals surface area contributed by atoms with Crippen molar-refractivity contribution >= 4 is 36.7 Å². The molecule has 0 aromatic carbocycles. The number of carboxylic acids is 1. The molecular weight excluding hydrogens is 243 g/mol. The molecule has 0 spiro atoms. The predicted molar refractivity (Wildman–Crippen MR) is 63.9 cm³/mol. The molecule has 6 nitrogen and oxygen atoms in total. The molecule has 0 radical (unpaired) electrons. The van der Waals surface area contributed by atoms with Crippen molar-refractivity contribution in [2.24, 2.45) is 11.5 Å². The Morgan fingerprint density at radius 3 is 2.67 bits per heavy atom. The van der Waals surface area contributed by atoms with Crippen molar-refractivity contribution in [3.05, 3.63) is 0 Å². The minimum Gasteiger partial charge on any atom is -0.480 e. The van der Waals surface area contributed by atoms with Gasteiger partial charge in [0, 0.05) is 7.92 Å². The first kappa shape index (κ1) is 10.8. The van der Waals surface area contributed by atoms with E-state index in [0.29, 0.717) is 6.42 Å². The van der Waals surface area contributed by atoms with E-state index in [1.54, 1.807) is 0 Å². The van der Waals surface area contributed by atoms with Gasteiger partial charge in [0.05, 0.1) is 1.37 Å². The topological polar surface area (TPSA) is 125 Å². The molecule has 7 N–H and O–H groups in total. The van der Waals surface area contributed by atoms with Crippen LogP contribution in [0.5, 0.6) is 0 Å². The van der Waals surface area contributed by atoms with Crippen LogP contribution in [0.4, 0.5) is 0 Å². The molecule has 8 heteroatoms. The average molecular weight is 265 g/mol.